The van der Waals surface area contributed by atoms with Crippen LogP contribution >= 0.6 is 0 Å². The first-order valence-electron chi connectivity index (χ1n) is 28.3. The fraction of sp³-hybridized carbons (Fsp3) is 0.333. The molecule has 1 aliphatic rings. The molecule has 0 unspecified atom stereocenters. The summed E-state index contributed by atoms with van der Waals surface area (Å²) in [5.41, 5.74) is 16.9. The number of para-hydroxylation sites is 1. The predicted octanol–water partition coefficient (Wildman–Crippen LogP) is 16.6. The molecule has 0 amide bonds. The second-order valence-electron chi connectivity index (χ2n) is 25.8. The molecule has 0 spiro atoms. The minimum absolute atomic E-state index is 0.205. The van der Waals surface area contributed by atoms with Gasteiger partial charge in [0.15, 0.2) is 0 Å². The molecule has 0 aliphatic heterocycles. The summed E-state index contributed by atoms with van der Waals surface area (Å²) in [6, 6.07) is 49.5. The van der Waals surface area contributed by atoms with Crippen LogP contribution in [-0.2, 0) is 73.8 Å². The summed E-state index contributed by atoms with van der Waals surface area (Å²) < 4.78 is 29.1. The molecule has 0 fully saturated rings. The summed E-state index contributed by atoms with van der Waals surface area (Å²) in [7, 11) is 0. The first kappa shape index (κ1) is 55.5. The fourth-order valence-corrected chi connectivity index (χ4v) is 10.6. The van der Waals surface area contributed by atoms with E-state index in [1.54, 1.807) is 0 Å². The van der Waals surface area contributed by atoms with E-state index in [1.165, 1.54) is 22.3 Å². The van der Waals surface area contributed by atoms with Crippen molar-refractivity contribution in [2.45, 2.75) is 157 Å². The van der Waals surface area contributed by atoms with Crippen LogP contribution in [0, 0.1) is 0 Å². The highest BCUT2D eigenvalue weighted by Gasteiger charge is 2.30. The molecule has 8 bridgehead atoms. The third-order valence-corrected chi connectivity index (χ3v) is 15.3. The molecule has 0 saturated carbocycles. The molecule has 8 heteroatoms. The van der Waals surface area contributed by atoms with E-state index in [0.717, 1.165) is 101 Å². The van der Waals surface area contributed by atoms with Crippen molar-refractivity contribution in [2.75, 3.05) is 0 Å². The van der Waals surface area contributed by atoms with E-state index >= 15 is 0 Å². The van der Waals surface area contributed by atoms with Crippen LogP contribution in [0.25, 0.3) is 10.9 Å². The first-order valence-corrected chi connectivity index (χ1v) is 28.3. The number of fused-ring (bicyclic) bond motifs is 9. The Morgan fingerprint density at radius 2 is 0.588 bits per heavy atom. The van der Waals surface area contributed by atoms with Crippen molar-refractivity contribution in [3.05, 3.63) is 248 Å². The molecule has 410 valence electrons. The molecule has 0 atom stereocenters. The summed E-state index contributed by atoms with van der Waals surface area (Å²) in [5, 5.41) is 1.09. The number of ether oxygens (including phenoxy) is 4. The minimum Gasteiger partial charge on any atom is -0.487 e. The highest BCUT2D eigenvalue weighted by Crippen LogP contribution is 2.45. The van der Waals surface area contributed by atoms with Crippen molar-refractivity contribution in [3.8, 4) is 23.0 Å². The van der Waals surface area contributed by atoms with E-state index in [-0.39, 0.29) is 28.3 Å². The SMILES string of the molecule is CC(C)(C)c1cc2c(OCc3ccccn3)c(c1)Cc1cc(C(C)(C)C)cc(c1OCc1ccccn1)Cc1cc(C(C)(C)C)cc(c1OCc1ccc3ccccc3n1)Cc1cc(C(C)(C)C)cc(c1OCc1ccccn1)C2. The van der Waals surface area contributed by atoms with Crippen molar-refractivity contribution < 1.29 is 18.9 Å². The Bertz CT molecular complexity index is 3480. The maximum absolute atomic E-state index is 7.37. The Balaban J connectivity index is 1.28. The van der Waals surface area contributed by atoms with E-state index in [4.69, 9.17) is 38.9 Å². The number of aromatic nitrogens is 4. The maximum Gasteiger partial charge on any atom is 0.130 e. The van der Waals surface area contributed by atoms with Crippen LogP contribution in [0.1, 0.15) is 173 Å². The number of rotatable bonds is 12. The van der Waals surface area contributed by atoms with Gasteiger partial charge in [-0.2, -0.15) is 0 Å². The summed E-state index contributed by atoms with van der Waals surface area (Å²) in [6.45, 7) is 28.7. The molecule has 0 saturated heterocycles. The summed E-state index contributed by atoms with van der Waals surface area (Å²) >= 11 is 0. The van der Waals surface area contributed by atoms with Crippen LogP contribution in [0.2, 0.25) is 0 Å². The molecule has 8 nitrogen and oxygen atoms in total. The zero-order valence-corrected chi connectivity index (χ0v) is 49.1. The number of pyridine rings is 4. The largest absolute Gasteiger partial charge is 0.487 e. The highest BCUT2D eigenvalue weighted by molar-refractivity contribution is 5.78. The molecular weight excluding hydrogens is 985 g/mol. The number of hydrogen-bond donors (Lipinski definition) is 0. The van der Waals surface area contributed by atoms with Gasteiger partial charge in [-0.25, -0.2) is 4.98 Å². The molecule has 1 aliphatic carbocycles. The molecule has 80 heavy (non-hydrogen) atoms. The predicted molar refractivity (Wildman–Crippen MR) is 324 cm³/mol. The number of benzene rings is 5. The maximum atomic E-state index is 7.37. The van der Waals surface area contributed by atoms with Gasteiger partial charge in [-0.1, -0.05) is 174 Å². The van der Waals surface area contributed by atoms with Gasteiger partial charge in [-0.3, -0.25) is 15.0 Å². The lowest BCUT2D eigenvalue weighted by atomic mass is 9.79. The second-order valence-corrected chi connectivity index (χ2v) is 25.8. The molecule has 5 aromatic carbocycles. The highest BCUT2D eigenvalue weighted by atomic mass is 16.5. The third kappa shape index (κ3) is 13.1. The van der Waals surface area contributed by atoms with E-state index < -0.39 is 0 Å². The zero-order valence-electron chi connectivity index (χ0n) is 49.1. The Morgan fingerprint density at radius 3 is 0.863 bits per heavy atom. The molecule has 0 N–H and O–H groups in total. The van der Waals surface area contributed by atoms with E-state index in [9.17, 15) is 0 Å². The van der Waals surface area contributed by atoms with Crippen molar-refractivity contribution in [1.29, 1.82) is 0 Å². The lowest BCUT2D eigenvalue weighted by Gasteiger charge is -2.29. The smallest absolute Gasteiger partial charge is 0.130 e. The van der Waals surface area contributed by atoms with E-state index in [2.05, 4.69) is 162 Å². The molecule has 4 heterocycles. The summed E-state index contributed by atoms with van der Waals surface area (Å²) in [4.78, 5) is 19.4. The van der Waals surface area contributed by atoms with Crippen molar-refractivity contribution in [1.82, 2.24) is 19.9 Å². The molecule has 0 radical (unpaired) electrons. The molecule has 4 aromatic heterocycles. The van der Waals surface area contributed by atoms with Gasteiger partial charge in [-0.15, -0.1) is 0 Å². The van der Waals surface area contributed by atoms with Crippen molar-refractivity contribution >= 4 is 10.9 Å². The van der Waals surface area contributed by atoms with Gasteiger partial charge in [0.2, 0.25) is 0 Å². The standard InChI is InChI=1S/C72H78N4O4/c1-69(2,3)56-35-48-31-50-37-57(70(4,5)6)39-52(66(50)78-44-61-23-16-19-29-74-61)33-54-41-59(72(10,11)12)42-55(68(54)80-46-63-27-26-47-21-13-14-25-64(47)76-63)34-53-40-58(71(7,8)9)38-51(67(53)79-45-62-24-17-20-30-75-62)32-49(36-56)65(48)77-43-60-22-15-18-28-73-60/h13-30,35-42H,31-34,43-46H2,1-12H3. The van der Waals surface area contributed by atoms with Crippen LogP contribution in [0.3, 0.4) is 0 Å². The van der Waals surface area contributed by atoms with Crippen LogP contribution in [0.5, 0.6) is 23.0 Å². The van der Waals surface area contributed by atoms with E-state index in [0.29, 0.717) is 45.5 Å². The van der Waals surface area contributed by atoms with Gasteiger partial charge in [0.05, 0.1) is 28.3 Å². The van der Waals surface area contributed by atoms with Crippen molar-refractivity contribution in [2.24, 2.45) is 0 Å². The van der Waals surface area contributed by atoms with Gasteiger partial charge < -0.3 is 18.9 Å². The average Bonchev–Trinajstić information content (AvgIpc) is 3.43. The zero-order chi connectivity index (χ0) is 56.4. The number of nitrogens with zero attached hydrogens (tertiary/aromatic N) is 4. The Kier molecular flexibility index (Phi) is 15.8. The molecule has 9 aromatic rings. The minimum atomic E-state index is -0.213. The van der Waals surface area contributed by atoms with Crippen LogP contribution in [0.15, 0.2) is 158 Å². The lowest BCUT2D eigenvalue weighted by molar-refractivity contribution is 0.288. The van der Waals surface area contributed by atoms with Gasteiger partial charge in [0.1, 0.15) is 49.4 Å². The van der Waals surface area contributed by atoms with Crippen LogP contribution in [-0.4, -0.2) is 19.9 Å². The van der Waals surface area contributed by atoms with Gasteiger partial charge in [0.25, 0.3) is 0 Å². The summed E-state index contributed by atoms with van der Waals surface area (Å²) in [5.74, 6) is 3.35. The lowest BCUT2D eigenvalue weighted by Crippen LogP contribution is -2.18. The van der Waals surface area contributed by atoms with Gasteiger partial charge in [-0.05, 0) is 137 Å². The first-order chi connectivity index (χ1) is 38.1. The molecular formula is C72H78N4O4. The Hall–Kier alpha value is -7.84. The monoisotopic (exact) mass is 1060 g/mol. The Morgan fingerprint density at radius 1 is 0.312 bits per heavy atom. The summed E-state index contributed by atoms with van der Waals surface area (Å²) in [6.07, 6.45) is 7.62. The Labute approximate surface area is 475 Å². The van der Waals surface area contributed by atoms with Crippen LogP contribution in [0.4, 0.5) is 0 Å². The number of hydrogen-bond acceptors (Lipinski definition) is 8. The van der Waals surface area contributed by atoms with Crippen LogP contribution < -0.4 is 18.9 Å². The van der Waals surface area contributed by atoms with Crippen molar-refractivity contribution in [3.63, 3.8) is 0 Å². The van der Waals surface area contributed by atoms with Gasteiger partial charge in [0, 0.05) is 49.7 Å². The second kappa shape index (κ2) is 22.7. The van der Waals surface area contributed by atoms with Gasteiger partial charge >= 0.3 is 0 Å². The fourth-order valence-electron chi connectivity index (χ4n) is 10.6. The third-order valence-electron chi connectivity index (χ3n) is 15.3. The normalized spacial score (nSPS) is 13.0. The average molecular weight is 1060 g/mol. The quantitative estimate of drug-likeness (QED) is 0.120. The van der Waals surface area contributed by atoms with E-state index in [1.807, 2.05) is 79.3 Å². The topological polar surface area (TPSA) is 88.5 Å². The molecule has 10 rings (SSSR count).